The lowest BCUT2D eigenvalue weighted by Gasteiger charge is -2.16. The topological polar surface area (TPSA) is 110 Å². The SMILES string of the molecule is COc1ccc(/C(=C\C#N)c2cc(OC)c(OC)c(OC)c2)cc1C(=O)NO. The Morgan fingerprint density at radius 1 is 0.964 bits per heavy atom. The summed E-state index contributed by atoms with van der Waals surface area (Å²) in [7, 11) is 5.89. The van der Waals surface area contributed by atoms with Crippen molar-refractivity contribution in [3.05, 3.63) is 53.1 Å². The minimum Gasteiger partial charge on any atom is -0.496 e. The Kier molecular flexibility index (Phi) is 6.84. The van der Waals surface area contributed by atoms with Crippen LogP contribution in [0.25, 0.3) is 5.57 Å². The fraction of sp³-hybridized carbons (Fsp3) is 0.200. The van der Waals surface area contributed by atoms with Gasteiger partial charge in [-0.2, -0.15) is 5.26 Å². The number of nitrogens with zero attached hydrogens (tertiary/aromatic N) is 1. The van der Waals surface area contributed by atoms with Crippen LogP contribution >= 0.6 is 0 Å². The van der Waals surface area contributed by atoms with Crippen molar-refractivity contribution in [3.63, 3.8) is 0 Å². The van der Waals surface area contributed by atoms with Gasteiger partial charge in [0.1, 0.15) is 5.75 Å². The molecule has 0 aromatic heterocycles. The zero-order chi connectivity index (χ0) is 20.7. The van der Waals surface area contributed by atoms with E-state index in [2.05, 4.69) is 0 Å². The second-order valence-electron chi connectivity index (χ2n) is 5.46. The summed E-state index contributed by atoms with van der Waals surface area (Å²) in [6, 6.07) is 10.2. The van der Waals surface area contributed by atoms with Crippen molar-refractivity contribution in [2.24, 2.45) is 0 Å². The van der Waals surface area contributed by atoms with Gasteiger partial charge in [0.05, 0.1) is 40.1 Å². The highest BCUT2D eigenvalue weighted by Crippen LogP contribution is 2.41. The van der Waals surface area contributed by atoms with Crippen molar-refractivity contribution < 1.29 is 28.9 Å². The molecule has 2 aromatic rings. The summed E-state index contributed by atoms with van der Waals surface area (Å²) in [6.45, 7) is 0. The largest absolute Gasteiger partial charge is 0.496 e. The lowest BCUT2D eigenvalue weighted by Crippen LogP contribution is -2.19. The number of carbonyl (C=O) groups excluding carboxylic acids is 1. The minimum atomic E-state index is -0.736. The molecule has 0 bridgehead atoms. The molecule has 0 saturated carbocycles. The number of hydrogen-bond acceptors (Lipinski definition) is 7. The van der Waals surface area contributed by atoms with E-state index in [1.54, 1.807) is 29.7 Å². The van der Waals surface area contributed by atoms with E-state index in [4.69, 9.17) is 24.2 Å². The van der Waals surface area contributed by atoms with Crippen LogP contribution in [0.15, 0.2) is 36.4 Å². The van der Waals surface area contributed by atoms with Crippen LogP contribution in [0.4, 0.5) is 0 Å². The molecule has 2 aromatic carbocycles. The van der Waals surface area contributed by atoms with Crippen LogP contribution in [0.3, 0.4) is 0 Å². The van der Waals surface area contributed by atoms with Gasteiger partial charge in [0.2, 0.25) is 5.75 Å². The average Bonchev–Trinajstić information content (AvgIpc) is 2.75. The third-order valence-corrected chi connectivity index (χ3v) is 4.04. The number of allylic oxidation sites excluding steroid dienone is 1. The molecule has 0 aliphatic heterocycles. The first-order valence-electron chi connectivity index (χ1n) is 8.07. The van der Waals surface area contributed by atoms with Crippen LogP contribution in [-0.2, 0) is 0 Å². The zero-order valence-corrected chi connectivity index (χ0v) is 15.9. The highest BCUT2D eigenvalue weighted by molar-refractivity contribution is 5.98. The molecule has 1 amide bonds. The van der Waals surface area contributed by atoms with Gasteiger partial charge in [-0.15, -0.1) is 0 Å². The maximum Gasteiger partial charge on any atom is 0.278 e. The maximum absolute atomic E-state index is 12.0. The van der Waals surface area contributed by atoms with E-state index in [9.17, 15) is 10.1 Å². The van der Waals surface area contributed by atoms with Crippen molar-refractivity contribution >= 4 is 11.5 Å². The molecule has 0 aliphatic rings. The molecule has 0 aliphatic carbocycles. The number of hydrogen-bond donors (Lipinski definition) is 2. The van der Waals surface area contributed by atoms with Crippen LogP contribution < -0.4 is 24.4 Å². The molecule has 0 fully saturated rings. The molecule has 0 spiro atoms. The molecule has 0 unspecified atom stereocenters. The molecular weight excluding hydrogens is 364 g/mol. The smallest absolute Gasteiger partial charge is 0.278 e. The Morgan fingerprint density at radius 2 is 1.57 bits per heavy atom. The number of benzene rings is 2. The summed E-state index contributed by atoms with van der Waals surface area (Å²) in [5, 5.41) is 18.3. The van der Waals surface area contributed by atoms with E-state index in [1.165, 1.54) is 40.6 Å². The number of nitriles is 1. The standard InChI is InChI=1S/C20H20N2O6/c1-25-16-6-5-12(9-15(16)20(23)22-24)14(7-8-21)13-10-17(26-2)19(28-4)18(11-13)27-3/h5-7,9-11,24H,1-4H3,(H,22,23)/b14-7+. The molecule has 28 heavy (non-hydrogen) atoms. The molecule has 0 heterocycles. The van der Waals surface area contributed by atoms with Gasteiger partial charge >= 0.3 is 0 Å². The van der Waals surface area contributed by atoms with Crippen LogP contribution in [0, 0.1) is 11.3 Å². The monoisotopic (exact) mass is 384 g/mol. The summed E-state index contributed by atoms with van der Waals surface area (Å²) in [4.78, 5) is 12.0. The van der Waals surface area contributed by atoms with Gasteiger partial charge < -0.3 is 18.9 Å². The van der Waals surface area contributed by atoms with Crippen LogP contribution in [0.1, 0.15) is 21.5 Å². The van der Waals surface area contributed by atoms with Gasteiger partial charge in [-0.1, -0.05) is 6.07 Å². The van der Waals surface area contributed by atoms with E-state index in [1.807, 2.05) is 6.07 Å². The molecule has 8 nitrogen and oxygen atoms in total. The van der Waals surface area contributed by atoms with Crippen molar-refractivity contribution in [3.8, 4) is 29.1 Å². The molecule has 0 saturated heterocycles. The summed E-state index contributed by atoms with van der Waals surface area (Å²) < 4.78 is 21.2. The lowest BCUT2D eigenvalue weighted by atomic mass is 9.95. The van der Waals surface area contributed by atoms with Crippen LogP contribution in [0.2, 0.25) is 0 Å². The van der Waals surface area contributed by atoms with E-state index in [0.29, 0.717) is 33.9 Å². The molecule has 0 radical (unpaired) electrons. The maximum atomic E-state index is 12.0. The molecule has 2 N–H and O–H groups in total. The normalized spacial score (nSPS) is 10.6. The van der Waals surface area contributed by atoms with Gasteiger partial charge in [0.15, 0.2) is 11.5 Å². The van der Waals surface area contributed by atoms with Gasteiger partial charge in [-0.3, -0.25) is 10.0 Å². The Bertz CT molecular complexity index is 921. The fourth-order valence-electron chi connectivity index (χ4n) is 2.75. The highest BCUT2D eigenvalue weighted by atomic mass is 16.5. The summed E-state index contributed by atoms with van der Waals surface area (Å²) in [6.07, 6.45) is 1.34. The summed E-state index contributed by atoms with van der Waals surface area (Å²) >= 11 is 0. The lowest BCUT2D eigenvalue weighted by molar-refractivity contribution is 0.0703. The number of hydroxylamine groups is 1. The van der Waals surface area contributed by atoms with Crippen molar-refractivity contribution in [2.45, 2.75) is 0 Å². The second kappa shape index (κ2) is 9.30. The highest BCUT2D eigenvalue weighted by Gasteiger charge is 2.18. The number of nitrogens with one attached hydrogen (secondary N) is 1. The predicted octanol–water partition coefficient (Wildman–Crippen LogP) is 2.80. The number of carbonyl (C=O) groups is 1. The van der Waals surface area contributed by atoms with E-state index in [-0.39, 0.29) is 11.3 Å². The predicted molar refractivity (Wildman–Crippen MR) is 101 cm³/mol. The Balaban J connectivity index is 2.70. The number of rotatable bonds is 7. The van der Waals surface area contributed by atoms with Gasteiger partial charge in [-0.25, -0.2) is 5.48 Å². The number of amides is 1. The van der Waals surface area contributed by atoms with Crippen molar-refractivity contribution in [1.82, 2.24) is 5.48 Å². The molecule has 0 atom stereocenters. The zero-order valence-electron chi connectivity index (χ0n) is 15.9. The van der Waals surface area contributed by atoms with Crippen molar-refractivity contribution in [1.29, 1.82) is 5.26 Å². The Labute approximate surface area is 162 Å². The van der Waals surface area contributed by atoms with Gasteiger partial charge in [-0.05, 0) is 41.0 Å². The van der Waals surface area contributed by atoms with Crippen LogP contribution in [-0.4, -0.2) is 39.6 Å². The number of methoxy groups -OCH3 is 4. The quantitative estimate of drug-likeness (QED) is 0.429. The Hall–Kier alpha value is -3.70. The average molecular weight is 384 g/mol. The molecule has 2 rings (SSSR count). The molecule has 8 heteroatoms. The molecule has 146 valence electrons. The van der Waals surface area contributed by atoms with E-state index in [0.717, 1.165) is 0 Å². The third-order valence-electron chi connectivity index (χ3n) is 4.04. The molecular formula is C20H20N2O6. The number of ether oxygens (including phenoxy) is 4. The summed E-state index contributed by atoms with van der Waals surface area (Å²) in [5.41, 5.74) is 3.37. The van der Waals surface area contributed by atoms with Crippen molar-refractivity contribution in [2.75, 3.05) is 28.4 Å². The minimum absolute atomic E-state index is 0.110. The third kappa shape index (κ3) is 4.00. The fourth-order valence-corrected chi connectivity index (χ4v) is 2.75. The first-order valence-corrected chi connectivity index (χ1v) is 8.07. The summed E-state index contributed by atoms with van der Waals surface area (Å²) in [5.74, 6) is 0.793. The first kappa shape index (κ1) is 20.6. The van der Waals surface area contributed by atoms with Gasteiger partial charge in [0, 0.05) is 6.08 Å². The Morgan fingerprint density at radius 3 is 2.04 bits per heavy atom. The van der Waals surface area contributed by atoms with E-state index >= 15 is 0 Å². The first-order chi connectivity index (χ1) is 13.5. The van der Waals surface area contributed by atoms with E-state index < -0.39 is 5.91 Å². The van der Waals surface area contributed by atoms with Crippen LogP contribution in [0.5, 0.6) is 23.0 Å². The van der Waals surface area contributed by atoms with Gasteiger partial charge in [0.25, 0.3) is 5.91 Å². The second-order valence-corrected chi connectivity index (χ2v) is 5.46.